The van der Waals surface area contributed by atoms with Gasteiger partial charge in [-0.1, -0.05) is 20.8 Å². The first kappa shape index (κ1) is 30.1. The van der Waals surface area contributed by atoms with E-state index in [2.05, 4.69) is 5.32 Å². The van der Waals surface area contributed by atoms with Crippen molar-refractivity contribution in [2.24, 2.45) is 23.0 Å². The third-order valence-corrected chi connectivity index (χ3v) is 8.20. The van der Waals surface area contributed by atoms with Crippen LogP contribution in [0.5, 0.6) is 5.75 Å². The van der Waals surface area contributed by atoms with Crippen LogP contribution in [-0.4, -0.2) is 95.1 Å². The number of carbonyl (C=O) groups excluding carboxylic acids is 4. The van der Waals surface area contributed by atoms with Gasteiger partial charge in [-0.05, 0) is 49.9 Å². The first-order chi connectivity index (χ1) is 18.8. The molecule has 0 saturated carbocycles. The van der Waals surface area contributed by atoms with Gasteiger partial charge in [-0.25, -0.2) is 0 Å². The average molecular weight is 571 g/mol. The number of hydrogen-bond donors (Lipinski definition) is 6. The van der Waals surface area contributed by atoms with Crippen LogP contribution in [-0.2, 0) is 16.0 Å². The Morgan fingerprint density at radius 2 is 1.73 bits per heavy atom. The average Bonchev–Trinajstić information content (AvgIpc) is 2.83. The minimum Gasteiger partial charge on any atom is -0.510 e. The van der Waals surface area contributed by atoms with E-state index in [0.29, 0.717) is 17.8 Å². The molecule has 0 radical (unpaired) electrons. The van der Waals surface area contributed by atoms with Gasteiger partial charge in [0.05, 0.1) is 17.2 Å². The van der Waals surface area contributed by atoms with Crippen LogP contribution >= 0.6 is 0 Å². The number of allylic oxidation sites excluding steroid dienone is 1. The number of rotatable bonds is 5. The Balaban J connectivity index is 1.93. The van der Waals surface area contributed by atoms with Crippen molar-refractivity contribution in [2.45, 2.75) is 45.3 Å². The number of likely N-dealkylation sites (N-methyl/N-ethyl adjacent to an activating group) is 1. The Morgan fingerprint density at radius 3 is 2.24 bits per heavy atom. The minimum atomic E-state index is -2.73. The number of anilines is 1. The van der Waals surface area contributed by atoms with Crippen molar-refractivity contribution in [2.75, 3.05) is 39.6 Å². The number of benzene rings is 1. The Kier molecular flexibility index (Phi) is 7.24. The molecule has 12 nitrogen and oxygen atoms in total. The number of aromatic hydroxyl groups is 1. The lowest BCUT2D eigenvalue weighted by molar-refractivity contribution is -0.148. The fourth-order valence-corrected chi connectivity index (χ4v) is 6.31. The summed E-state index contributed by atoms with van der Waals surface area (Å²) < 4.78 is 0. The number of nitrogens with two attached hydrogens (primary N) is 1. The van der Waals surface area contributed by atoms with Crippen molar-refractivity contribution in [1.29, 1.82) is 0 Å². The molecule has 222 valence electrons. The number of aliphatic hydroxyl groups excluding tert-OH is 2. The van der Waals surface area contributed by atoms with Crippen molar-refractivity contribution < 1.29 is 39.6 Å². The molecule has 41 heavy (non-hydrogen) atoms. The standard InChI is InChI=1S/C29H38N4O8/c1-28(2,3)11-31-27(40)14-10-16(32(4)5)13-8-12-9-15-20(33(6)7)23(36)19(26(30)39)25(38)29(15,41)24(37)17(12)22(35)18(13)21(14)34/h10,12,15,20,34,36-37,41H,8-9,11H2,1-7H3,(H2,30,39)(H,31,40)/t12-,15-,20-,29-/m0/s1. The summed E-state index contributed by atoms with van der Waals surface area (Å²) in [5.74, 6) is -8.02. The number of phenolic OH excluding ortho intramolecular Hbond substituents is 1. The zero-order chi connectivity index (χ0) is 30.9. The largest absolute Gasteiger partial charge is 0.510 e. The maximum absolute atomic E-state index is 14.1. The fraction of sp³-hybridized carbons (Fsp3) is 0.517. The number of fused-ring (bicyclic) bond motifs is 3. The maximum Gasteiger partial charge on any atom is 0.255 e. The van der Waals surface area contributed by atoms with E-state index in [0.717, 1.165) is 0 Å². The number of primary amides is 1. The molecule has 3 aliphatic rings. The van der Waals surface area contributed by atoms with Gasteiger partial charge in [-0.15, -0.1) is 0 Å². The minimum absolute atomic E-state index is 0.0206. The number of amides is 2. The summed E-state index contributed by atoms with van der Waals surface area (Å²) in [5.41, 5.74) is 1.85. The molecule has 4 rings (SSSR count). The topological polar surface area (TPSA) is 194 Å². The summed E-state index contributed by atoms with van der Waals surface area (Å²) in [5, 5.41) is 48.1. The quantitative estimate of drug-likeness (QED) is 0.278. The van der Waals surface area contributed by atoms with E-state index in [-0.39, 0.29) is 35.0 Å². The van der Waals surface area contributed by atoms with Gasteiger partial charge in [-0.2, -0.15) is 0 Å². The fourth-order valence-electron chi connectivity index (χ4n) is 6.31. The molecule has 1 aromatic rings. The molecule has 0 aliphatic heterocycles. The summed E-state index contributed by atoms with van der Waals surface area (Å²) in [7, 11) is 6.60. The highest BCUT2D eigenvalue weighted by Crippen LogP contribution is 2.53. The smallest absolute Gasteiger partial charge is 0.255 e. The van der Waals surface area contributed by atoms with Crippen molar-refractivity contribution in [3.8, 4) is 5.75 Å². The predicted molar refractivity (Wildman–Crippen MR) is 150 cm³/mol. The normalized spacial score (nSPS) is 26.0. The molecule has 0 saturated heterocycles. The SMILES string of the molecule is CN(C)c1cc(C(=O)NCC(C)(C)C)c(O)c2c1C[C@H]1C[C@H]3[C@H](N(C)C)C(O)=C(C(N)=O)C(=O)[C@@]3(O)C(O)=C1C2=O. The Morgan fingerprint density at radius 1 is 1.12 bits per heavy atom. The molecule has 0 heterocycles. The van der Waals surface area contributed by atoms with Crippen LogP contribution in [0.2, 0.25) is 0 Å². The summed E-state index contributed by atoms with van der Waals surface area (Å²) in [4.78, 5) is 56.0. The number of phenols is 1. The molecular formula is C29H38N4O8. The molecule has 1 aromatic carbocycles. The van der Waals surface area contributed by atoms with Crippen molar-refractivity contribution in [3.63, 3.8) is 0 Å². The van der Waals surface area contributed by atoms with Gasteiger partial charge in [0.15, 0.2) is 11.4 Å². The van der Waals surface area contributed by atoms with Gasteiger partial charge in [0.1, 0.15) is 22.8 Å². The highest BCUT2D eigenvalue weighted by atomic mass is 16.3. The Hall–Kier alpha value is -3.90. The first-order valence-corrected chi connectivity index (χ1v) is 13.3. The van der Waals surface area contributed by atoms with E-state index in [9.17, 15) is 39.6 Å². The molecule has 3 aliphatic carbocycles. The van der Waals surface area contributed by atoms with Gasteiger partial charge < -0.3 is 36.4 Å². The van der Waals surface area contributed by atoms with E-state index in [4.69, 9.17) is 5.73 Å². The van der Waals surface area contributed by atoms with Crippen LogP contribution in [0, 0.1) is 17.3 Å². The van der Waals surface area contributed by atoms with E-state index >= 15 is 0 Å². The van der Waals surface area contributed by atoms with Crippen LogP contribution in [0.25, 0.3) is 0 Å². The van der Waals surface area contributed by atoms with Gasteiger partial charge >= 0.3 is 0 Å². The second-order valence-corrected chi connectivity index (χ2v) is 12.7. The number of carbonyl (C=O) groups is 4. The number of hydrogen-bond acceptors (Lipinski definition) is 10. The van der Waals surface area contributed by atoms with Crippen LogP contribution in [0.15, 0.2) is 28.7 Å². The number of nitrogens with one attached hydrogen (secondary N) is 1. The van der Waals surface area contributed by atoms with Gasteiger partial charge in [0, 0.05) is 37.8 Å². The van der Waals surface area contributed by atoms with Gasteiger partial charge in [0.2, 0.25) is 5.78 Å². The lowest BCUT2D eigenvalue weighted by Crippen LogP contribution is -2.63. The molecule has 0 fully saturated rings. The molecule has 0 unspecified atom stereocenters. The molecule has 4 atom stereocenters. The maximum atomic E-state index is 14.1. The molecule has 2 amide bonds. The lowest BCUT2D eigenvalue weighted by Gasteiger charge is -2.50. The molecule has 12 heteroatoms. The van der Waals surface area contributed by atoms with Crippen molar-refractivity contribution >= 4 is 29.1 Å². The molecule has 0 aromatic heterocycles. The van der Waals surface area contributed by atoms with Crippen LogP contribution in [0.4, 0.5) is 5.69 Å². The highest BCUT2D eigenvalue weighted by molar-refractivity contribution is 6.25. The van der Waals surface area contributed by atoms with E-state index in [1.807, 2.05) is 20.8 Å². The highest BCUT2D eigenvalue weighted by Gasteiger charge is 2.63. The predicted octanol–water partition coefficient (Wildman–Crippen LogP) is 0.963. The summed E-state index contributed by atoms with van der Waals surface area (Å²) in [6.07, 6.45) is 0.104. The number of ketones is 2. The Bertz CT molecular complexity index is 1430. The molecule has 7 N–H and O–H groups in total. The first-order valence-electron chi connectivity index (χ1n) is 13.3. The molecule has 0 bridgehead atoms. The Labute approximate surface area is 238 Å². The second kappa shape index (κ2) is 9.88. The molecular weight excluding hydrogens is 532 g/mol. The zero-order valence-electron chi connectivity index (χ0n) is 24.3. The van der Waals surface area contributed by atoms with Crippen LogP contribution in [0.3, 0.4) is 0 Å². The number of nitrogens with zero attached hydrogens (tertiary/aromatic N) is 2. The summed E-state index contributed by atoms with van der Waals surface area (Å²) in [6.45, 7) is 6.08. The molecule has 0 spiro atoms. The summed E-state index contributed by atoms with van der Waals surface area (Å²) >= 11 is 0. The van der Waals surface area contributed by atoms with Crippen molar-refractivity contribution in [3.05, 3.63) is 45.4 Å². The van der Waals surface area contributed by atoms with Crippen molar-refractivity contribution in [1.82, 2.24) is 10.2 Å². The lowest BCUT2D eigenvalue weighted by atomic mass is 9.58. The monoisotopic (exact) mass is 570 g/mol. The third kappa shape index (κ3) is 4.55. The van der Waals surface area contributed by atoms with E-state index < -0.39 is 69.7 Å². The van der Waals surface area contributed by atoms with Crippen LogP contribution in [0.1, 0.15) is 53.5 Å². The number of aliphatic hydroxyl groups is 3. The summed E-state index contributed by atoms with van der Waals surface area (Å²) in [6, 6.07) is 0.434. The van der Waals surface area contributed by atoms with Crippen LogP contribution < -0.4 is 16.0 Å². The zero-order valence-corrected chi connectivity index (χ0v) is 24.3. The second-order valence-electron chi connectivity index (χ2n) is 12.7. The van der Waals surface area contributed by atoms with E-state index in [1.165, 1.54) is 11.0 Å². The van der Waals surface area contributed by atoms with E-state index in [1.54, 1.807) is 33.1 Å². The van der Waals surface area contributed by atoms with Gasteiger partial charge in [0.25, 0.3) is 11.8 Å². The van der Waals surface area contributed by atoms with Gasteiger partial charge in [-0.3, -0.25) is 24.1 Å². The number of Topliss-reactive ketones (excluding diaryl/α,β-unsaturated/α-hetero) is 2. The third-order valence-electron chi connectivity index (χ3n) is 8.20.